The van der Waals surface area contributed by atoms with Crippen LogP contribution in [0.15, 0.2) is 0 Å². The van der Waals surface area contributed by atoms with E-state index in [9.17, 15) is 4.79 Å². The van der Waals surface area contributed by atoms with Crippen LogP contribution in [0.25, 0.3) is 0 Å². The highest BCUT2D eigenvalue weighted by atomic mass is 16.3. The van der Waals surface area contributed by atoms with E-state index in [1.54, 1.807) is 6.92 Å². The number of aliphatic hydroxyl groups excluding tert-OH is 1. The highest BCUT2D eigenvalue weighted by Crippen LogP contribution is 2.38. The van der Waals surface area contributed by atoms with Gasteiger partial charge in [-0.05, 0) is 31.6 Å². The van der Waals surface area contributed by atoms with E-state index in [4.69, 9.17) is 5.11 Å². The third-order valence-electron chi connectivity index (χ3n) is 3.53. The van der Waals surface area contributed by atoms with Gasteiger partial charge in [0.25, 0.3) is 0 Å². The molecular formula is C13H25NO2. The minimum absolute atomic E-state index is 0.144. The maximum atomic E-state index is 11.7. The molecule has 1 aliphatic carbocycles. The Morgan fingerprint density at radius 3 is 2.56 bits per heavy atom. The molecule has 1 atom stereocenters. The number of rotatable bonds is 5. The fraction of sp³-hybridized carbons (Fsp3) is 0.923. The van der Waals surface area contributed by atoms with Gasteiger partial charge < -0.3 is 10.4 Å². The van der Waals surface area contributed by atoms with Crippen molar-refractivity contribution in [2.75, 3.05) is 6.54 Å². The maximum absolute atomic E-state index is 11.7. The highest BCUT2D eigenvalue weighted by Gasteiger charge is 2.29. The van der Waals surface area contributed by atoms with Crippen LogP contribution < -0.4 is 5.32 Å². The van der Waals surface area contributed by atoms with Gasteiger partial charge in [0.2, 0.25) is 5.91 Å². The molecule has 1 amide bonds. The summed E-state index contributed by atoms with van der Waals surface area (Å²) in [6.45, 7) is 4.56. The number of nitrogens with one attached hydrogen (secondary N) is 1. The third kappa shape index (κ3) is 4.97. The molecule has 0 bridgehead atoms. The van der Waals surface area contributed by atoms with E-state index < -0.39 is 0 Å². The minimum atomic E-state index is -0.328. The smallest absolute Gasteiger partial charge is 0.220 e. The molecule has 2 N–H and O–H groups in total. The summed E-state index contributed by atoms with van der Waals surface area (Å²) in [5.41, 5.74) is 0.215. The summed E-state index contributed by atoms with van der Waals surface area (Å²) in [5, 5.41) is 12.0. The molecule has 94 valence electrons. The molecular weight excluding hydrogens is 202 g/mol. The number of carbonyl (C=O) groups is 1. The van der Waals surface area contributed by atoms with Crippen LogP contribution in [0.2, 0.25) is 0 Å². The minimum Gasteiger partial charge on any atom is -0.393 e. The molecule has 1 fully saturated rings. The summed E-state index contributed by atoms with van der Waals surface area (Å²) in [4.78, 5) is 11.7. The predicted molar refractivity (Wildman–Crippen MR) is 65.1 cm³/mol. The first kappa shape index (κ1) is 13.5. The highest BCUT2D eigenvalue weighted by molar-refractivity contribution is 5.76. The van der Waals surface area contributed by atoms with E-state index in [1.807, 2.05) is 0 Å². The lowest BCUT2D eigenvalue weighted by Gasteiger charge is -2.32. The lowest BCUT2D eigenvalue weighted by atomic mass is 9.73. The monoisotopic (exact) mass is 227 g/mol. The molecule has 0 aromatic carbocycles. The number of amides is 1. The van der Waals surface area contributed by atoms with Crippen molar-refractivity contribution in [3.63, 3.8) is 0 Å². The van der Waals surface area contributed by atoms with Crippen molar-refractivity contribution in [2.45, 2.75) is 64.9 Å². The molecule has 0 spiro atoms. The van der Waals surface area contributed by atoms with E-state index in [0.29, 0.717) is 19.4 Å². The number of carbonyl (C=O) groups excluding carboxylic acids is 1. The van der Waals surface area contributed by atoms with Crippen molar-refractivity contribution >= 4 is 5.91 Å². The first-order valence-corrected chi connectivity index (χ1v) is 6.47. The number of aliphatic hydroxyl groups is 1. The summed E-state index contributed by atoms with van der Waals surface area (Å²) in [6, 6.07) is 0. The van der Waals surface area contributed by atoms with Gasteiger partial charge in [0.15, 0.2) is 0 Å². The Morgan fingerprint density at radius 1 is 1.38 bits per heavy atom. The number of hydrogen-bond acceptors (Lipinski definition) is 2. The van der Waals surface area contributed by atoms with Gasteiger partial charge in [-0.1, -0.05) is 26.2 Å². The Kier molecular flexibility index (Phi) is 5.26. The van der Waals surface area contributed by atoms with E-state index in [1.165, 1.54) is 32.1 Å². The molecule has 1 aliphatic rings. The van der Waals surface area contributed by atoms with Gasteiger partial charge in [-0.25, -0.2) is 0 Å². The Balaban J connectivity index is 2.22. The van der Waals surface area contributed by atoms with Crippen molar-refractivity contribution in [1.29, 1.82) is 0 Å². The fourth-order valence-corrected chi connectivity index (χ4v) is 2.45. The van der Waals surface area contributed by atoms with Gasteiger partial charge in [0, 0.05) is 13.0 Å². The van der Waals surface area contributed by atoms with Crippen molar-refractivity contribution in [3.8, 4) is 0 Å². The van der Waals surface area contributed by atoms with E-state index in [-0.39, 0.29) is 17.4 Å². The fourth-order valence-electron chi connectivity index (χ4n) is 2.45. The first-order valence-electron chi connectivity index (χ1n) is 6.47. The van der Waals surface area contributed by atoms with Gasteiger partial charge in [-0.15, -0.1) is 0 Å². The van der Waals surface area contributed by atoms with Crippen LogP contribution in [0.1, 0.15) is 58.8 Å². The lowest BCUT2D eigenvalue weighted by molar-refractivity contribution is -0.123. The third-order valence-corrected chi connectivity index (χ3v) is 3.53. The van der Waals surface area contributed by atoms with Crippen molar-refractivity contribution in [2.24, 2.45) is 5.41 Å². The average Bonchev–Trinajstić information content (AvgIpc) is 2.17. The molecule has 0 aliphatic heterocycles. The van der Waals surface area contributed by atoms with Gasteiger partial charge in [-0.3, -0.25) is 4.79 Å². The first-order chi connectivity index (χ1) is 7.52. The van der Waals surface area contributed by atoms with Crippen LogP contribution in [0.3, 0.4) is 0 Å². The van der Waals surface area contributed by atoms with E-state index in [2.05, 4.69) is 12.2 Å². The van der Waals surface area contributed by atoms with Gasteiger partial charge >= 0.3 is 0 Å². The Hall–Kier alpha value is -0.570. The summed E-state index contributed by atoms with van der Waals surface area (Å²) in [7, 11) is 0. The zero-order valence-corrected chi connectivity index (χ0v) is 10.6. The molecule has 0 saturated heterocycles. The average molecular weight is 227 g/mol. The molecule has 0 aromatic heterocycles. The largest absolute Gasteiger partial charge is 0.393 e. The molecule has 0 radical (unpaired) electrons. The SMILES string of the molecule is CC(O)CCNC(=O)CC1(C)CCCCC1. The zero-order chi connectivity index (χ0) is 12.0. The van der Waals surface area contributed by atoms with Crippen LogP contribution in [-0.4, -0.2) is 23.7 Å². The topological polar surface area (TPSA) is 49.3 Å². The van der Waals surface area contributed by atoms with Gasteiger partial charge in [0.05, 0.1) is 6.10 Å². The summed E-state index contributed by atoms with van der Waals surface area (Å²) < 4.78 is 0. The summed E-state index contributed by atoms with van der Waals surface area (Å²) in [5.74, 6) is 0.144. The van der Waals surface area contributed by atoms with Crippen LogP contribution in [0.5, 0.6) is 0 Å². The second kappa shape index (κ2) is 6.24. The lowest BCUT2D eigenvalue weighted by Crippen LogP contribution is -2.32. The van der Waals surface area contributed by atoms with Crippen LogP contribution in [0, 0.1) is 5.41 Å². The molecule has 1 rings (SSSR count). The number of hydrogen-bond donors (Lipinski definition) is 2. The standard InChI is InChI=1S/C13H25NO2/c1-11(15)6-9-14-12(16)10-13(2)7-4-3-5-8-13/h11,15H,3-10H2,1-2H3,(H,14,16). The Bertz CT molecular complexity index is 220. The van der Waals surface area contributed by atoms with Crippen molar-refractivity contribution in [1.82, 2.24) is 5.32 Å². The molecule has 0 heterocycles. The Labute approximate surface area is 98.6 Å². The van der Waals surface area contributed by atoms with Crippen LogP contribution >= 0.6 is 0 Å². The normalized spacial score (nSPS) is 21.4. The molecule has 0 aromatic rings. The molecule has 1 saturated carbocycles. The second-order valence-corrected chi connectivity index (χ2v) is 5.54. The van der Waals surface area contributed by atoms with E-state index >= 15 is 0 Å². The van der Waals surface area contributed by atoms with Crippen molar-refractivity contribution in [3.05, 3.63) is 0 Å². The van der Waals surface area contributed by atoms with E-state index in [0.717, 1.165) is 0 Å². The second-order valence-electron chi connectivity index (χ2n) is 5.54. The molecule has 1 unspecified atom stereocenters. The maximum Gasteiger partial charge on any atom is 0.220 e. The summed E-state index contributed by atoms with van der Waals surface area (Å²) in [6.07, 6.45) is 7.16. The quantitative estimate of drug-likeness (QED) is 0.756. The molecule has 3 heteroatoms. The van der Waals surface area contributed by atoms with Gasteiger partial charge in [-0.2, -0.15) is 0 Å². The summed E-state index contributed by atoms with van der Waals surface area (Å²) >= 11 is 0. The predicted octanol–water partition coefficient (Wildman–Crippen LogP) is 2.23. The van der Waals surface area contributed by atoms with Gasteiger partial charge in [0.1, 0.15) is 0 Å². The molecule has 3 nitrogen and oxygen atoms in total. The Morgan fingerprint density at radius 2 is 2.00 bits per heavy atom. The zero-order valence-electron chi connectivity index (χ0n) is 10.6. The molecule has 16 heavy (non-hydrogen) atoms. The van der Waals surface area contributed by atoms with Crippen LogP contribution in [0.4, 0.5) is 0 Å². The van der Waals surface area contributed by atoms with Crippen LogP contribution in [-0.2, 0) is 4.79 Å². The van der Waals surface area contributed by atoms with Crippen molar-refractivity contribution < 1.29 is 9.90 Å².